The van der Waals surface area contributed by atoms with Crippen LogP contribution in [0.25, 0.3) is 0 Å². The van der Waals surface area contributed by atoms with Gasteiger partial charge in [0.1, 0.15) is 11.5 Å². The Bertz CT molecular complexity index is 564. The summed E-state index contributed by atoms with van der Waals surface area (Å²) in [6, 6.07) is 4.76. The number of carbonyl (C=O) groups is 1. The summed E-state index contributed by atoms with van der Waals surface area (Å²) in [6.07, 6.45) is 1.32. The number of hydrogen-bond acceptors (Lipinski definition) is 3. The van der Waals surface area contributed by atoms with E-state index in [9.17, 15) is 9.18 Å². The summed E-state index contributed by atoms with van der Waals surface area (Å²) in [7, 11) is 0. The molecule has 0 aliphatic carbocycles. The monoisotopic (exact) mass is 234 g/mol. The number of anilines is 2. The molecule has 0 unspecified atom stereocenters. The van der Waals surface area contributed by atoms with E-state index in [-0.39, 0.29) is 17.1 Å². The van der Waals surface area contributed by atoms with Crippen LogP contribution >= 0.6 is 0 Å². The molecule has 0 fully saturated rings. The first kappa shape index (κ1) is 11.1. The fourth-order valence-corrected chi connectivity index (χ4v) is 1.41. The molecule has 0 atom stereocenters. The first-order chi connectivity index (χ1) is 8.09. The summed E-state index contributed by atoms with van der Waals surface area (Å²) in [4.78, 5) is 11.7. The van der Waals surface area contributed by atoms with Crippen molar-refractivity contribution < 1.29 is 9.18 Å². The van der Waals surface area contributed by atoms with Crippen LogP contribution in [0, 0.1) is 12.7 Å². The van der Waals surface area contributed by atoms with E-state index in [2.05, 4.69) is 15.5 Å². The van der Waals surface area contributed by atoms with Crippen molar-refractivity contribution in [2.75, 3.05) is 11.1 Å². The first-order valence-electron chi connectivity index (χ1n) is 4.95. The van der Waals surface area contributed by atoms with Crippen LogP contribution in [0.1, 0.15) is 16.1 Å². The lowest BCUT2D eigenvalue weighted by molar-refractivity contribution is 0.102. The number of aromatic amines is 1. The van der Waals surface area contributed by atoms with Gasteiger partial charge in [-0.3, -0.25) is 9.89 Å². The number of halogens is 1. The van der Waals surface area contributed by atoms with E-state index in [1.54, 1.807) is 19.1 Å². The van der Waals surface area contributed by atoms with Crippen molar-refractivity contribution in [2.45, 2.75) is 6.92 Å². The summed E-state index contributed by atoms with van der Waals surface area (Å²) in [5, 5.41) is 8.50. The largest absolute Gasteiger partial charge is 0.396 e. The van der Waals surface area contributed by atoms with Gasteiger partial charge in [0, 0.05) is 0 Å². The molecule has 1 aromatic heterocycles. The van der Waals surface area contributed by atoms with Gasteiger partial charge < -0.3 is 11.1 Å². The van der Waals surface area contributed by atoms with Gasteiger partial charge in [0.15, 0.2) is 0 Å². The third-order valence-corrected chi connectivity index (χ3v) is 2.34. The number of carbonyl (C=O) groups excluding carboxylic acids is 1. The fraction of sp³-hybridized carbons (Fsp3) is 0.0909. The third-order valence-electron chi connectivity index (χ3n) is 2.34. The molecule has 0 saturated carbocycles. The van der Waals surface area contributed by atoms with Gasteiger partial charge in [-0.15, -0.1) is 0 Å². The lowest BCUT2D eigenvalue weighted by Crippen LogP contribution is -2.15. The summed E-state index contributed by atoms with van der Waals surface area (Å²) < 4.78 is 13.6. The lowest BCUT2D eigenvalue weighted by atomic mass is 10.2. The SMILES string of the molecule is Cc1cccc(NC(=O)c2[nH]ncc2N)c1F. The minimum Gasteiger partial charge on any atom is -0.396 e. The number of hydrogen-bond donors (Lipinski definition) is 3. The van der Waals surface area contributed by atoms with Gasteiger partial charge in [0.05, 0.1) is 17.6 Å². The predicted molar refractivity (Wildman–Crippen MR) is 62.1 cm³/mol. The van der Waals surface area contributed by atoms with Crippen molar-refractivity contribution in [3.63, 3.8) is 0 Å². The predicted octanol–water partition coefficient (Wildman–Crippen LogP) is 1.69. The third kappa shape index (κ3) is 2.10. The van der Waals surface area contributed by atoms with Crippen LogP contribution in [-0.2, 0) is 0 Å². The molecule has 1 heterocycles. The van der Waals surface area contributed by atoms with E-state index in [0.29, 0.717) is 5.56 Å². The molecule has 5 nitrogen and oxygen atoms in total. The Kier molecular flexibility index (Phi) is 2.78. The van der Waals surface area contributed by atoms with Gasteiger partial charge in [-0.2, -0.15) is 5.10 Å². The second-order valence-corrected chi connectivity index (χ2v) is 3.59. The molecule has 0 radical (unpaired) electrons. The highest BCUT2D eigenvalue weighted by Crippen LogP contribution is 2.18. The van der Waals surface area contributed by atoms with Crippen molar-refractivity contribution in [1.82, 2.24) is 10.2 Å². The number of nitrogens with two attached hydrogens (primary N) is 1. The second kappa shape index (κ2) is 4.25. The van der Waals surface area contributed by atoms with E-state index in [0.717, 1.165) is 0 Å². The number of aromatic nitrogens is 2. The summed E-state index contributed by atoms with van der Waals surface area (Å²) >= 11 is 0. The molecule has 0 aliphatic rings. The van der Waals surface area contributed by atoms with Crippen molar-refractivity contribution >= 4 is 17.3 Å². The zero-order chi connectivity index (χ0) is 12.4. The Balaban J connectivity index is 2.25. The highest BCUT2D eigenvalue weighted by Gasteiger charge is 2.14. The maximum Gasteiger partial charge on any atom is 0.275 e. The Hall–Kier alpha value is -2.37. The molecule has 0 bridgehead atoms. The van der Waals surface area contributed by atoms with Crippen LogP contribution in [0.5, 0.6) is 0 Å². The van der Waals surface area contributed by atoms with E-state index in [4.69, 9.17) is 5.73 Å². The average molecular weight is 234 g/mol. The summed E-state index contributed by atoms with van der Waals surface area (Å²) in [6.45, 7) is 1.62. The second-order valence-electron chi connectivity index (χ2n) is 3.59. The fourth-order valence-electron chi connectivity index (χ4n) is 1.41. The lowest BCUT2D eigenvalue weighted by Gasteiger charge is -2.06. The van der Waals surface area contributed by atoms with E-state index < -0.39 is 11.7 Å². The number of nitrogens with one attached hydrogen (secondary N) is 2. The Morgan fingerprint density at radius 3 is 2.94 bits per heavy atom. The topological polar surface area (TPSA) is 83.8 Å². The maximum absolute atomic E-state index is 13.6. The van der Waals surface area contributed by atoms with Crippen LogP contribution in [0.3, 0.4) is 0 Å². The quantitative estimate of drug-likeness (QED) is 0.739. The zero-order valence-corrected chi connectivity index (χ0v) is 9.12. The first-order valence-corrected chi connectivity index (χ1v) is 4.95. The Morgan fingerprint density at radius 2 is 2.29 bits per heavy atom. The molecular formula is C11H11FN4O. The number of H-pyrrole nitrogens is 1. The van der Waals surface area contributed by atoms with E-state index in [1.807, 2.05) is 0 Å². The molecule has 0 spiro atoms. The Morgan fingerprint density at radius 1 is 1.53 bits per heavy atom. The summed E-state index contributed by atoms with van der Waals surface area (Å²) in [5.41, 5.74) is 6.42. The molecule has 88 valence electrons. The average Bonchev–Trinajstić information content (AvgIpc) is 2.71. The van der Waals surface area contributed by atoms with Crippen molar-refractivity contribution in [3.05, 3.63) is 41.5 Å². The van der Waals surface area contributed by atoms with Gasteiger partial charge >= 0.3 is 0 Å². The minimum absolute atomic E-state index is 0.115. The maximum atomic E-state index is 13.6. The number of rotatable bonds is 2. The van der Waals surface area contributed by atoms with Crippen molar-refractivity contribution in [2.24, 2.45) is 0 Å². The molecule has 17 heavy (non-hydrogen) atoms. The van der Waals surface area contributed by atoms with Gasteiger partial charge in [-0.25, -0.2) is 4.39 Å². The minimum atomic E-state index is -0.524. The standard InChI is InChI=1S/C11H11FN4O/c1-6-3-2-4-8(9(6)12)15-11(17)10-7(13)5-14-16-10/h2-5H,13H2,1H3,(H,14,16)(H,15,17). The molecule has 1 amide bonds. The molecule has 4 N–H and O–H groups in total. The van der Waals surface area contributed by atoms with Gasteiger partial charge in [0.25, 0.3) is 5.91 Å². The Labute approximate surface area is 96.8 Å². The molecule has 6 heteroatoms. The number of nitrogen functional groups attached to an aromatic ring is 1. The van der Waals surface area contributed by atoms with Gasteiger partial charge in [0.2, 0.25) is 0 Å². The number of benzene rings is 1. The molecule has 1 aromatic carbocycles. The molecule has 2 rings (SSSR count). The summed E-state index contributed by atoms with van der Waals surface area (Å²) in [5.74, 6) is -0.983. The van der Waals surface area contributed by atoms with Crippen LogP contribution < -0.4 is 11.1 Å². The van der Waals surface area contributed by atoms with Crippen molar-refractivity contribution in [3.8, 4) is 0 Å². The smallest absolute Gasteiger partial charge is 0.275 e. The van der Waals surface area contributed by atoms with Gasteiger partial charge in [-0.05, 0) is 18.6 Å². The molecular weight excluding hydrogens is 223 g/mol. The highest BCUT2D eigenvalue weighted by atomic mass is 19.1. The number of aryl methyl sites for hydroxylation is 1. The highest BCUT2D eigenvalue weighted by molar-refractivity contribution is 6.06. The van der Waals surface area contributed by atoms with Crippen LogP contribution in [-0.4, -0.2) is 16.1 Å². The molecule has 0 saturated heterocycles. The van der Waals surface area contributed by atoms with Crippen LogP contribution in [0.15, 0.2) is 24.4 Å². The van der Waals surface area contributed by atoms with E-state index in [1.165, 1.54) is 12.3 Å². The molecule has 2 aromatic rings. The normalized spacial score (nSPS) is 10.2. The number of amides is 1. The number of nitrogens with zero attached hydrogens (tertiary/aromatic N) is 1. The van der Waals surface area contributed by atoms with Crippen LogP contribution in [0.4, 0.5) is 15.8 Å². The zero-order valence-electron chi connectivity index (χ0n) is 9.12. The molecule has 0 aliphatic heterocycles. The van der Waals surface area contributed by atoms with Crippen molar-refractivity contribution in [1.29, 1.82) is 0 Å². The van der Waals surface area contributed by atoms with Gasteiger partial charge in [-0.1, -0.05) is 12.1 Å². The van der Waals surface area contributed by atoms with Crippen LogP contribution in [0.2, 0.25) is 0 Å². The van der Waals surface area contributed by atoms with E-state index >= 15 is 0 Å².